The lowest BCUT2D eigenvalue weighted by Gasteiger charge is -2.23. The number of halogens is 1. The van der Waals surface area contributed by atoms with Gasteiger partial charge in [-0.05, 0) is 47.5 Å². The van der Waals surface area contributed by atoms with Crippen molar-refractivity contribution in [3.05, 3.63) is 22.2 Å². The fourth-order valence-corrected chi connectivity index (χ4v) is 1.77. The highest BCUT2D eigenvalue weighted by atomic mass is 79.9. The maximum atomic E-state index is 9.66. The van der Waals surface area contributed by atoms with E-state index in [1.807, 2.05) is 19.9 Å². The molecule has 0 heterocycles. The molecule has 0 aliphatic rings. The Bertz CT molecular complexity index is 394. The standard InChI is InChI=1S/C12H18BrNO3/c1-12(2,7-15)14-6-8-4-9(13)11(16)10(5-8)17-3/h4-5,14-16H,6-7H2,1-3H3. The van der Waals surface area contributed by atoms with Crippen molar-refractivity contribution >= 4 is 15.9 Å². The third kappa shape index (κ3) is 3.87. The van der Waals surface area contributed by atoms with Crippen molar-refractivity contribution in [2.24, 2.45) is 0 Å². The van der Waals surface area contributed by atoms with Crippen LogP contribution in [0.25, 0.3) is 0 Å². The number of benzene rings is 1. The van der Waals surface area contributed by atoms with Crippen LogP contribution in [0.1, 0.15) is 19.4 Å². The quantitative estimate of drug-likeness (QED) is 0.779. The average molecular weight is 304 g/mol. The van der Waals surface area contributed by atoms with Crippen LogP contribution in [-0.2, 0) is 6.54 Å². The van der Waals surface area contributed by atoms with E-state index in [4.69, 9.17) is 9.84 Å². The summed E-state index contributed by atoms with van der Waals surface area (Å²) in [6.07, 6.45) is 0. The first-order valence-corrected chi connectivity index (χ1v) is 6.10. The Morgan fingerprint density at radius 1 is 1.41 bits per heavy atom. The Hall–Kier alpha value is -0.780. The summed E-state index contributed by atoms with van der Waals surface area (Å²) in [7, 11) is 1.51. The van der Waals surface area contributed by atoms with E-state index in [9.17, 15) is 5.11 Å². The lowest BCUT2D eigenvalue weighted by atomic mass is 10.1. The minimum Gasteiger partial charge on any atom is -0.503 e. The molecule has 0 fully saturated rings. The zero-order chi connectivity index (χ0) is 13.1. The van der Waals surface area contributed by atoms with E-state index in [0.29, 0.717) is 16.8 Å². The predicted molar refractivity (Wildman–Crippen MR) is 70.4 cm³/mol. The summed E-state index contributed by atoms with van der Waals surface area (Å²) in [5.41, 5.74) is 0.630. The lowest BCUT2D eigenvalue weighted by Crippen LogP contribution is -2.42. The zero-order valence-corrected chi connectivity index (χ0v) is 11.8. The van der Waals surface area contributed by atoms with Crippen molar-refractivity contribution in [1.29, 1.82) is 0 Å². The van der Waals surface area contributed by atoms with Crippen molar-refractivity contribution in [3.8, 4) is 11.5 Å². The van der Waals surface area contributed by atoms with E-state index >= 15 is 0 Å². The highest BCUT2D eigenvalue weighted by molar-refractivity contribution is 9.10. The van der Waals surface area contributed by atoms with Crippen LogP contribution in [-0.4, -0.2) is 29.5 Å². The topological polar surface area (TPSA) is 61.7 Å². The number of aliphatic hydroxyl groups excluding tert-OH is 1. The molecule has 4 nitrogen and oxygen atoms in total. The summed E-state index contributed by atoms with van der Waals surface area (Å²) in [5.74, 6) is 0.524. The van der Waals surface area contributed by atoms with Gasteiger partial charge in [0, 0.05) is 12.1 Å². The number of ether oxygens (including phenoxy) is 1. The first-order chi connectivity index (χ1) is 7.89. The molecule has 0 spiro atoms. The highest BCUT2D eigenvalue weighted by Gasteiger charge is 2.16. The fourth-order valence-electron chi connectivity index (χ4n) is 1.28. The number of hydrogen-bond acceptors (Lipinski definition) is 4. The number of hydrogen-bond donors (Lipinski definition) is 3. The van der Waals surface area contributed by atoms with Crippen molar-refractivity contribution in [3.63, 3.8) is 0 Å². The Labute approximate surface area is 110 Å². The summed E-state index contributed by atoms with van der Waals surface area (Å²) in [6, 6.07) is 3.58. The van der Waals surface area contributed by atoms with Crippen LogP contribution in [0.4, 0.5) is 0 Å². The molecule has 0 saturated carbocycles. The minimum atomic E-state index is -0.336. The predicted octanol–water partition coefficient (Wildman–Crippen LogP) is 2.02. The molecule has 17 heavy (non-hydrogen) atoms. The van der Waals surface area contributed by atoms with Gasteiger partial charge in [-0.1, -0.05) is 0 Å². The molecule has 0 saturated heterocycles. The number of phenolic OH excluding ortho intramolecular Hbond substituents is 1. The van der Waals surface area contributed by atoms with Crippen LogP contribution >= 0.6 is 15.9 Å². The van der Waals surface area contributed by atoms with Gasteiger partial charge in [-0.3, -0.25) is 0 Å². The maximum Gasteiger partial charge on any atom is 0.172 e. The molecule has 0 bridgehead atoms. The van der Waals surface area contributed by atoms with Crippen LogP contribution in [0.5, 0.6) is 11.5 Å². The van der Waals surface area contributed by atoms with Gasteiger partial charge in [0.2, 0.25) is 0 Å². The van der Waals surface area contributed by atoms with E-state index in [0.717, 1.165) is 5.56 Å². The van der Waals surface area contributed by atoms with Crippen molar-refractivity contribution in [2.45, 2.75) is 25.9 Å². The Balaban J connectivity index is 2.82. The van der Waals surface area contributed by atoms with E-state index in [1.165, 1.54) is 7.11 Å². The third-order valence-electron chi connectivity index (χ3n) is 2.47. The molecular formula is C12H18BrNO3. The largest absolute Gasteiger partial charge is 0.503 e. The van der Waals surface area contributed by atoms with Crippen LogP contribution in [0, 0.1) is 0 Å². The summed E-state index contributed by atoms with van der Waals surface area (Å²) in [6.45, 7) is 4.48. The Morgan fingerprint density at radius 3 is 2.59 bits per heavy atom. The van der Waals surface area contributed by atoms with Gasteiger partial charge in [0.25, 0.3) is 0 Å². The van der Waals surface area contributed by atoms with Gasteiger partial charge in [0.15, 0.2) is 11.5 Å². The SMILES string of the molecule is COc1cc(CNC(C)(C)CO)cc(Br)c1O. The molecule has 1 rings (SSSR count). The van der Waals surface area contributed by atoms with Crippen LogP contribution in [0.2, 0.25) is 0 Å². The summed E-state index contributed by atoms with van der Waals surface area (Å²) < 4.78 is 5.66. The van der Waals surface area contributed by atoms with Gasteiger partial charge in [-0.15, -0.1) is 0 Å². The molecule has 0 radical (unpaired) electrons. The summed E-state index contributed by atoms with van der Waals surface area (Å²) >= 11 is 3.27. The van der Waals surface area contributed by atoms with Crippen LogP contribution < -0.4 is 10.1 Å². The minimum absolute atomic E-state index is 0.0589. The summed E-state index contributed by atoms with van der Waals surface area (Å²) in [5, 5.41) is 22.0. The van der Waals surface area contributed by atoms with Crippen LogP contribution in [0.3, 0.4) is 0 Å². The number of nitrogens with one attached hydrogen (secondary N) is 1. The van der Waals surface area contributed by atoms with Gasteiger partial charge in [-0.2, -0.15) is 0 Å². The molecule has 1 aromatic rings. The molecule has 0 aromatic heterocycles. The second kappa shape index (κ2) is 5.71. The highest BCUT2D eigenvalue weighted by Crippen LogP contribution is 2.35. The average Bonchev–Trinajstić information content (AvgIpc) is 2.30. The van der Waals surface area contributed by atoms with Gasteiger partial charge in [-0.25, -0.2) is 0 Å². The van der Waals surface area contributed by atoms with Crippen LogP contribution in [0.15, 0.2) is 16.6 Å². The molecule has 0 atom stereocenters. The number of phenols is 1. The van der Waals surface area contributed by atoms with E-state index in [-0.39, 0.29) is 17.9 Å². The fraction of sp³-hybridized carbons (Fsp3) is 0.500. The molecule has 3 N–H and O–H groups in total. The zero-order valence-electron chi connectivity index (χ0n) is 10.2. The molecule has 1 aromatic carbocycles. The molecule has 5 heteroatoms. The van der Waals surface area contributed by atoms with E-state index in [1.54, 1.807) is 6.07 Å². The maximum absolute atomic E-state index is 9.66. The van der Waals surface area contributed by atoms with Crippen molar-refractivity contribution in [2.75, 3.05) is 13.7 Å². The Morgan fingerprint density at radius 2 is 2.06 bits per heavy atom. The molecule has 96 valence electrons. The summed E-state index contributed by atoms with van der Waals surface area (Å²) in [4.78, 5) is 0. The number of rotatable bonds is 5. The monoisotopic (exact) mass is 303 g/mol. The number of aliphatic hydroxyl groups is 1. The first-order valence-electron chi connectivity index (χ1n) is 5.31. The van der Waals surface area contributed by atoms with E-state index < -0.39 is 0 Å². The molecule has 0 aliphatic heterocycles. The van der Waals surface area contributed by atoms with Crippen molar-refractivity contribution in [1.82, 2.24) is 5.32 Å². The second-order valence-electron chi connectivity index (χ2n) is 4.52. The lowest BCUT2D eigenvalue weighted by molar-refractivity contribution is 0.187. The van der Waals surface area contributed by atoms with Gasteiger partial charge in [0.1, 0.15) is 0 Å². The third-order valence-corrected chi connectivity index (χ3v) is 3.08. The smallest absolute Gasteiger partial charge is 0.172 e. The van der Waals surface area contributed by atoms with Gasteiger partial charge in [0.05, 0.1) is 18.2 Å². The molecule has 0 amide bonds. The van der Waals surface area contributed by atoms with Crippen molar-refractivity contribution < 1.29 is 14.9 Å². The Kier molecular flexibility index (Phi) is 4.80. The second-order valence-corrected chi connectivity index (χ2v) is 5.38. The van der Waals surface area contributed by atoms with Gasteiger partial charge < -0.3 is 20.3 Å². The molecule has 0 unspecified atom stereocenters. The molecule has 0 aliphatic carbocycles. The normalized spacial score (nSPS) is 11.6. The van der Waals surface area contributed by atoms with Gasteiger partial charge >= 0.3 is 0 Å². The molecular weight excluding hydrogens is 286 g/mol. The first kappa shape index (κ1) is 14.3. The number of aromatic hydroxyl groups is 1. The number of methoxy groups -OCH3 is 1. The van der Waals surface area contributed by atoms with E-state index in [2.05, 4.69) is 21.2 Å².